The van der Waals surface area contributed by atoms with Crippen LogP contribution in [-0.2, 0) is 14.3 Å². The van der Waals surface area contributed by atoms with Crippen molar-refractivity contribution in [3.05, 3.63) is 29.6 Å². The van der Waals surface area contributed by atoms with Crippen molar-refractivity contribution in [2.45, 2.75) is 50.7 Å². The number of aromatic nitrogens is 1. The summed E-state index contributed by atoms with van der Waals surface area (Å²) in [4.78, 5) is 39.7. The molecule has 3 atom stereocenters. The standard InChI is InChI=1S/C19H27N3O2.2C2HF3O2/c1-13-3-6-16(20-9-13)19(23)22-8-7-18(24-2)15-11-21(12-17(15)22)10-14-4-5-14;2*3-2(4,5)1(6)7/h3,6,9,14-15,17-18H,4-5,7-8,10-12H2,1-2H3;2*(H,6,7)/t15-,17+,18+;;/m0../s1. The predicted octanol–water partition coefficient (Wildman–Crippen LogP) is 3.23. The minimum absolute atomic E-state index is 0.0767. The average molecular weight is 557 g/mol. The fourth-order valence-corrected chi connectivity index (χ4v) is 4.34. The average Bonchev–Trinajstić information content (AvgIpc) is 3.53. The number of halogens is 6. The lowest BCUT2D eigenvalue weighted by Crippen LogP contribution is -2.53. The number of carboxylic acid groups (broad SMARTS) is 2. The first kappa shape index (κ1) is 31.3. The molecule has 214 valence electrons. The highest BCUT2D eigenvalue weighted by atomic mass is 19.4. The normalized spacial score (nSPS) is 23.4. The highest BCUT2D eigenvalue weighted by Crippen LogP contribution is 2.36. The highest BCUT2D eigenvalue weighted by Gasteiger charge is 2.47. The third kappa shape index (κ3) is 9.11. The van der Waals surface area contributed by atoms with Gasteiger partial charge in [-0.3, -0.25) is 9.78 Å². The van der Waals surface area contributed by atoms with E-state index < -0.39 is 24.3 Å². The number of nitrogens with zero attached hydrogens (tertiary/aromatic N) is 3. The molecule has 1 aliphatic carbocycles. The number of likely N-dealkylation sites (tertiary alicyclic amines) is 2. The Morgan fingerprint density at radius 3 is 1.97 bits per heavy atom. The molecule has 1 amide bonds. The number of alkyl halides is 6. The number of hydrogen-bond acceptors (Lipinski definition) is 6. The van der Waals surface area contributed by atoms with Crippen molar-refractivity contribution in [1.82, 2.24) is 14.8 Å². The van der Waals surface area contributed by atoms with Crippen LogP contribution in [0.25, 0.3) is 0 Å². The summed E-state index contributed by atoms with van der Waals surface area (Å²) in [5.74, 6) is -4.13. The Morgan fingerprint density at radius 1 is 1.00 bits per heavy atom. The highest BCUT2D eigenvalue weighted by molar-refractivity contribution is 5.92. The monoisotopic (exact) mass is 557 g/mol. The Balaban J connectivity index is 0.000000301. The molecule has 0 aromatic carbocycles. The van der Waals surface area contributed by atoms with Gasteiger partial charge < -0.3 is 24.7 Å². The van der Waals surface area contributed by atoms with Gasteiger partial charge in [0.1, 0.15) is 5.69 Å². The van der Waals surface area contributed by atoms with Crippen LogP contribution in [0.4, 0.5) is 26.3 Å². The van der Waals surface area contributed by atoms with E-state index in [1.165, 1.54) is 19.4 Å². The summed E-state index contributed by atoms with van der Waals surface area (Å²) in [5, 5.41) is 14.2. The summed E-state index contributed by atoms with van der Waals surface area (Å²) in [6.07, 6.45) is -4.45. The van der Waals surface area contributed by atoms with Crippen molar-refractivity contribution in [2.24, 2.45) is 11.8 Å². The SMILES string of the molecule is CO[C@@H]1CCN(C(=O)c2ccc(C)cn2)[C@@H]2CN(CC3CC3)C[C@@H]21.O=C(O)C(F)(F)F.O=C(O)C(F)(F)F. The molecule has 9 nitrogen and oxygen atoms in total. The van der Waals surface area contributed by atoms with Gasteiger partial charge in [0.15, 0.2) is 0 Å². The van der Waals surface area contributed by atoms with Crippen LogP contribution >= 0.6 is 0 Å². The molecule has 2 saturated heterocycles. The number of pyridine rings is 1. The summed E-state index contributed by atoms with van der Waals surface area (Å²) in [6.45, 7) is 6.00. The first-order valence-corrected chi connectivity index (χ1v) is 11.6. The van der Waals surface area contributed by atoms with Gasteiger partial charge in [0.2, 0.25) is 0 Å². The summed E-state index contributed by atoms with van der Waals surface area (Å²) in [6, 6.07) is 4.08. The number of carbonyl (C=O) groups excluding carboxylic acids is 1. The smallest absolute Gasteiger partial charge is 0.475 e. The predicted molar refractivity (Wildman–Crippen MR) is 119 cm³/mol. The van der Waals surface area contributed by atoms with Crippen LogP contribution in [0.15, 0.2) is 18.3 Å². The molecule has 2 aliphatic heterocycles. The van der Waals surface area contributed by atoms with E-state index in [1.807, 2.05) is 26.2 Å². The fourth-order valence-electron chi connectivity index (χ4n) is 4.34. The molecule has 2 N–H and O–H groups in total. The third-order valence-corrected chi connectivity index (χ3v) is 6.33. The maximum atomic E-state index is 13.0. The Kier molecular flexibility index (Phi) is 10.5. The van der Waals surface area contributed by atoms with Crippen molar-refractivity contribution < 1.29 is 55.7 Å². The zero-order chi connectivity index (χ0) is 28.8. The van der Waals surface area contributed by atoms with Gasteiger partial charge in [-0.1, -0.05) is 6.07 Å². The van der Waals surface area contributed by atoms with Gasteiger partial charge in [0.05, 0.1) is 12.1 Å². The van der Waals surface area contributed by atoms with Crippen LogP contribution in [0.3, 0.4) is 0 Å². The van der Waals surface area contributed by atoms with Crippen molar-refractivity contribution in [1.29, 1.82) is 0 Å². The number of carboxylic acids is 2. The summed E-state index contributed by atoms with van der Waals surface area (Å²) in [7, 11) is 1.81. The minimum Gasteiger partial charge on any atom is -0.475 e. The van der Waals surface area contributed by atoms with Crippen LogP contribution in [0.5, 0.6) is 0 Å². The van der Waals surface area contributed by atoms with Crippen LogP contribution in [-0.4, -0.2) is 101 Å². The maximum Gasteiger partial charge on any atom is 0.490 e. The first-order chi connectivity index (χ1) is 17.5. The molecule has 0 spiro atoms. The lowest BCUT2D eigenvalue weighted by Gasteiger charge is -2.41. The molecule has 1 aromatic heterocycles. The molecule has 3 heterocycles. The number of amides is 1. The van der Waals surface area contributed by atoms with Gasteiger partial charge in [-0.15, -0.1) is 0 Å². The molecular weight excluding hydrogens is 528 g/mol. The van der Waals surface area contributed by atoms with Gasteiger partial charge in [-0.25, -0.2) is 9.59 Å². The maximum absolute atomic E-state index is 13.0. The molecular formula is C23H29F6N3O6. The van der Waals surface area contributed by atoms with E-state index in [0.29, 0.717) is 11.6 Å². The van der Waals surface area contributed by atoms with Gasteiger partial charge in [0, 0.05) is 45.4 Å². The van der Waals surface area contributed by atoms with Crippen molar-refractivity contribution in [2.75, 3.05) is 33.3 Å². The Labute approximate surface area is 214 Å². The van der Waals surface area contributed by atoms with Crippen LogP contribution in [0.1, 0.15) is 35.3 Å². The number of hydrogen-bond donors (Lipinski definition) is 2. The van der Waals surface area contributed by atoms with Crippen molar-refractivity contribution >= 4 is 17.8 Å². The van der Waals surface area contributed by atoms with Gasteiger partial charge >= 0.3 is 24.3 Å². The first-order valence-electron chi connectivity index (χ1n) is 11.6. The number of aliphatic carboxylic acids is 2. The summed E-state index contributed by atoms with van der Waals surface area (Å²) < 4.78 is 69.2. The fraction of sp³-hybridized carbons (Fsp3) is 0.652. The zero-order valence-electron chi connectivity index (χ0n) is 20.6. The van der Waals surface area contributed by atoms with Crippen molar-refractivity contribution in [3.8, 4) is 0 Å². The number of fused-ring (bicyclic) bond motifs is 1. The molecule has 4 rings (SSSR count). The number of ether oxygens (including phenoxy) is 1. The molecule has 3 aliphatic rings. The van der Waals surface area contributed by atoms with Crippen LogP contribution < -0.4 is 0 Å². The topological polar surface area (TPSA) is 120 Å². The minimum atomic E-state index is -5.08. The van der Waals surface area contributed by atoms with E-state index in [2.05, 4.69) is 14.8 Å². The number of aryl methyl sites for hydroxylation is 1. The lowest BCUT2D eigenvalue weighted by atomic mass is 9.88. The third-order valence-electron chi connectivity index (χ3n) is 6.33. The second kappa shape index (κ2) is 12.7. The van der Waals surface area contributed by atoms with E-state index in [4.69, 9.17) is 24.5 Å². The van der Waals surface area contributed by atoms with Crippen LogP contribution in [0, 0.1) is 18.8 Å². The van der Waals surface area contributed by atoms with E-state index in [0.717, 1.165) is 37.5 Å². The Morgan fingerprint density at radius 2 is 1.55 bits per heavy atom. The van der Waals surface area contributed by atoms with E-state index >= 15 is 0 Å². The van der Waals surface area contributed by atoms with Gasteiger partial charge in [0.25, 0.3) is 5.91 Å². The molecule has 15 heteroatoms. The van der Waals surface area contributed by atoms with Crippen molar-refractivity contribution in [3.63, 3.8) is 0 Å². The summed E-state index contributed by atoms with van der Waals surface area (Å²) >= 11 is 0. The quantitative estimate of drug-likeness (QED) is 0.542. The van der Waals surface area contributed by atoms with E-state index in [1.54, 1.807) is 6.20 Å². The number of methoxy groups -OCH3 is 1. The van der Waals surface area contributed by atoms with Crippen LogP contribution in [0.2, 0.25) is 0 Å². The largest absolute Gasteiger partial charge is 0.490 e. The second-order valence-electron chi connectivity index (χ2n) is 9.28. The number of rotatable bonds is 4. The molecule has 1 saturated carbocycles. The molecule has 38 heavy (non-hydrogen) atoms. The molecule has 0 bridgehead atoms. The number of carbonyl (C=O) groups is 3. The van der Waals surface area contributed by atoms with E-state index in [-0.39, 0.29) is 18.1 Å². The molecule has 1 aromatic rings. The lowest BCUT2D eigenvalue weighted by molar-refractivity contribution is -0.193. The molecule has 0 radical (unpaired) electrons. The summed E-state index contributed by atoms with van der Waals surface area (Å²) in [5.41, 5.74) is 1.65. The second-order valence-corrected chi connectivity index (χ2v) is 9.28. The Hall–Kier alpha value is -2.94. The number of piperidine rings is 1. The molecule has 0 unspecified atom stereocenters. The zero-order valence-corrected chi connectivity index (χ0v) is 20.6. The molecule has 3 fully saturated rings. The van der Waals surface area contributed by atoms with Gasteiger partial charge in [-0.05, 0) is 43.7 Å². The van der Waals surface area contributed by atoms with E-state index in [9.17, 15) is 31.1 Å². The van der Waals surface area contributed by atoms with Gasteiger partial charge in [-0.2, -0.15) is 26.3 Å². The Bertz CT molecular complexity index is 944.